The first-order valence-corrected chi connectivity index (χ1v) is 23.9. The predicted octanol–water partition coefficient (Wildman–Crippen LogP) is 9.00. The molecule has 1 saturated carbocycles. The molecule has 3 heterocycles. The van der Waals surface area contributed by atoms with Crippen LogP contribution in [0, 0.1) is 12.3 Å². The molecule has 3 atom stereocenters. The number of aromatic carboxylic acids is 1. The van der Waals surface area contributed by atoms with E-state index in [1.807, 2.05) is 87.8 Å². The molecule has 7 rings (SSSR count). The highest BCUT2D eigenvalue weighted by atomic mass is 32.1. The van der Waals surface area contributed by atoms with E-state index in [1.165, 1.54) is 4.90 Å². The number of nitrogens with one attached hydrogen (secondary N) is 2. The lowest BCUT2D eigenvalue weighted by atomic mass is 9.85. The number of hydrogen-bond acceptors (Lipinski definition) is 10. The highest BCUT2D eigenvalue weighted by Gasteiger charge is 2.44. The smallest absolute Gasteiger partial charge is 0.335 e. The van der Waals surface area contributed by atoms with Crippen LogP contribution < -0.4 is 15.4 Å². The normalized spacial score (nSPS) is 17.0. The number of rotatable bonds is 19. The molecule has 65 heavy (non-hydrogen) atoms. The standard InChI is InChI=1S/C51H62N6O7S/c1-32-46(65-31-55-32)35-18-16-33(17-19-35)28-52-48(60)43-26-37(58)29-57(43)49(61)47(51(2,3)4)56-44(59)15-9-7-5-6-8-12-24-64-38-21-23-40-42(27-38)53-30-54-45(40)36-20-22-39(50(62)63)41(25-36)34-13-10-11-14-34/h16-23,25,27,30-31,34,37,43,47,58H,5-15,24,26,28-29H2,1-4H3,(H,52,60)(H,56,59)(H,62,63)/t37-,43+,47-/m1/s1. The molecule has 3 aromatic carbocycles. The Morgan fingerprint density at radius 3 is 2.32 bits per heavy atom. The van der Waals surface area contributed by atoms with Crippen molar-refractivity contribution < 1.29 is 34.1 Å². The van der Waals surface area contributed by atoms with Crippen LogP contribution in [-0.4, -0.2) is 85.1 Å². The van der Waals surface area contributed by atoms with Gasteiger partial charge in [0.1, 0.15) is 24.2 Å². The highest BCUT2D eigenvalue weighted by molar-refractivity contribution is 7.13. The van der Waals surface area contributed by atoms with Gasteiger partial charge in [-0.1, -0.05) is 89.6 Å². The Hall–Kier alpha value is -5.73. The lowest BCUT2D eigenvalue weighted by molar-refractivity contribution is -0.144. The third kappa shape index (κ3) is 11.9. The number of likely N-dealkylation sites (tertiary alicyclic amines) is 1. The molecule has 1 saturated heterocycles. The van der Waals surface area contributed by atoms with E-state index < -0.39 is 29.6 Å². The monoisotopic (exact) mass is 902 g/mol. The fourth-order valence-electron chi connectivity index (χ4n) is 9.13. The van der Waals surface area contributed by atoms with Crippen LogP contribution in [0.15, 0.2) is 72.5 Å². The molecule has 13 nitrogen and oxygen atoms in total. The van der Waals surface area contributed by atoms with Crippen molar-refractivity contribution in [3.8, 4) is 27.4 Å². The number of aromatic nitrogens is 3. The van der Waals surface area contributed by atoms with Crippen molar-refractivity contribution in [2.45, 2.75) is 135 Å². The van der Waals surface area contributed by atoms with E-state index in [4.69, 9.17) is 4.74 Å². The van der Waals surface area contributed by atoms with Gasteiger partial charge in [-0.05, 0) is 84.9 Å². The highest BCUT2D eigenvalue weighted by Crippen LogP contribution is 2.39. The number of β-amino-alcohol motifs (C(OH)–C–C–N with tert-alkyl or cyclic N) is 1. The first-order valence-electron chi connectivity index (χ1n) is 23.1. The summed E-state index contributed by atoms with van der Waals surface area (Å²) < 4.78 is 6.09. The summed E-state index contributed by atoms with van der Waals surface area (Å²) in [7, 11) is 0. The lowest BCUT2D eigenvalue weighted by Crippen LogP contribution is -2.57. The average molecular weight is 903 g/mol. The van der Waals surface area contributed by atoms with Crippen molar-refractivity contribution in [2.75, 3.05) is 13.2 Å². The lowest BCUT2D eigenvalue weighted by Gasteiger charge is -2.35. The van der Waals surface area contributed by atoms with Gasteiger partial charge < -0.3 is 30.5 Å². The van der Waals surface area contributed by atoms with Crippen LogP contribution in [0.3, 0.4) is 0 Å². The van der Waals surface area contributed by atoms with Gasteiger partial charge in [-0.15, -0.1) is 11.3 Å². The summed E-state index contributed by atoms with van der Waals surface area (Å²) in [6, 6.07) is 17.6. The summed E-state index contributed by atoms with van der Waals surface area (Å²) in [4.78, 5) is 68.6. The molecule has 2 fully saturated rings. The zero-order chi connectivity index (χ0) is 46.1. The van der Waals surface area contributed by atoms with Crippen molar-refractivity contribution in [2.24, 2.45) is 5.41 Å². The second kappa shape index (κ2) is 21.5. The molecule has 0 bridgehead atoms. The van der Waals surface area contributed by atoms with Crippen LogP contribution in [0.1, 0.15) is 131 Å². The molecule has 2 aromatic heterocycles. The SMILES string of the molecule is Cc1ncsc1-c1ccc(CNC(=O)[C@@H]2C[C@@H](O)CN2C(=O)[C@@H](NC(=O)CCCCCCCCOc2ccc3c(-c4ccc(C(=O)O)c(C5CCCC5)c4)ncnc3c2)C(C)(C)C)cc1. The number of nitrogens with zero attached hydrogens (tertiary/aromatic N) is 4. The summed E-state index contributed by atoms with van der Waals surface area (Å²) in [6.45, 7) is 8.52. The number of carbonyl (C=O) groups excluding carboxylic acids is 3. The number of benzene rings is 3. The third-order valence-corrected chi connectivity index (χ3v) is 13.7. The second-order valence-electron chi connectivity index (χ2n) is 18.7. The number of carboxylic acids is 1. The van der Waals surface area contributed by atoms with Gasteiger partial charge in [0.05, 0.1) is 45.6 Å². The minimum absolute atomic E-state index is 0.0282. The fraction of sp³-hybridized carbons (Fsp3) is 0.471. The van der Waals surface area contributed by atoms with Gasteiger partial charge in [0.15, 0.2) is 0 Å². The number of unbranched alkanes of at least 4 members (excludes halogenated alkanes) is 5. The van der Waals surface area contributed by atoms with E-state index in [0.29, 0.717) is 25.0 Å². The molecule has 1 aliphatic carbocycles. The van der Waals surface area contributed by atoms with Crippen molar-refractivity contribution in [1.82, 2.24) is 30.5 Å². The zero-order valence-electron chi connectivity index (χ0n) is 38.0. The van der Waals surface area contributed by atoms with Crippen LogP contribution in [0.25, 0.3) is 32.6 Å². The minimum atomic E-state index is -0.897. The van der Waals surface area contributed by atoms with E-state index in [9.17, 15) is 29.4 Å². The first kappa shape index (κ1) is 47.2. The topological polar surface area (TPSA) is 184 Å². The number of ether oxygens (including phenoxy) is 1. The molecule has 14 heteroatoms. The second-order valence-corrected chi connectivity index (χ2v) is 19.5. The fourth-order valence-corrected chi connectivity index (χ4v) is 9.95. The number of thiazole rings is 1. The van der Waals surface area contributed by atoms with Crippen molar-refractivity contribution >= 4 is 45.9 Å². The molecule has 1 aliphatic heterocycles. The summed E-state index contributed by atoms with van der Waals surface area (Å²) >= 11 is 1.58. The van der Waals surface area contributed by atoms with Gasteiger partial charge in [0.25, 0.3) is 0 Å². The van der Waals surface area contributed by atoms with Crippen molar-refractivity contribution in [1.29, 1.82) is 0 Å². The quantitative estimate of drug-likeness (QED) is 0.0584. The predicted molar refractivity (Wildman–Crippen MR) is 253 cm³/mol. The molecule has 5 aromatic rings. The molecule has 344 valence electrons. The Kier molecular flexibility index (Phi) is 15.6. The molecular formula is C51H62N6O7S. The number of aryl methyl sites for hydroxylation is 1. The number of hydrogen-bond donors (Lipinski definition) is 4. The van der Waals surface area contributed by atoms with Gasteiger partial charge >= 0.3 is 5.97 Å². The largest absolute Gasteiger partial charge is 0.494 e. The van der Waals surface area contributed by atoms with E-state index in [1.54, 1.807) is 23.7 Å². The Labute approximate surface area is 385 Å². The van der Waals surface area contributed by atoms with Crippen molar-refractivity contribution in [3.63, 3.8) is 0 Å². The van der Waals surface area contributed by atoms with Gasteiger partial charge in [0, 0.05) is 42.9 Å². The maximum atomic E-state index is 14.0. The number of carboxylic acid groups (broad SMARTS) is 1. The van der Waals surface area contributed by atoms with E-state index in [2.05, 4.69) is 25.6 Å². The van der Waals surface area contributed by atoms with Crippen LogP contribution >= 0.6 is 11.3 Å². The van der Waals surface area contributed by atoms with E-state index >= 15 is 0 Å². The average Bonchev–Trinajstić information content (AvgIpc) is 4.08. The number of fused-ring (bicyclic) bond motifs is 1. The molecule has 4 N–H and O–H groups in total. The Bertz CT molecular complexity index is 2460. The minimum Gasteiger partial charge on any atom is -0.494 e. The first-order chi connectivity index (χ1) is 31.3. The van der Waals surface area contributed by atoms with E-state index in [-0.39, 0.29) is 43.1 Å². The van der Waals surface area contributed by atoms with Crippen LogP contribution in [0.5, 0.6) is 5.75 Å². The summed E-state index contributed by atoms with van der Waals surface area (Å²) in [5.41, 5.74) is 7.82. The summed E-state index contributed by atoms with van der Waals surface area (Å²) in [5.74, 6) is -0.824. The maximum absolute atomic E-state index is 14.0. The molecule has 0 radical (unpaired) electrons. The van der Waals surface area contributed by atoms with Crippen molar-refractivity contribution in [3.05, 3.63) is 94.9 Å². The molecule has 2 aliphatic rings. The molecular weight excluding hydrogens is 841 g/mol. The van der Waals surface area contributed by atoms with Gasteiger partial charge in [0.2, 0.25) is 17.7 Å². The maximum Gasteiger partial charge on any atom is 0.335 e. The van der Waals surface area contributed by atoms with Gasteiger partial charge in [-0.25, -0.2) is 19.7 Å². The van der Waals surface area contributed by atoms with Gasteiger partial charge in [-0.2, -0.15) is 0 Å². The van der Waals surface area contributed by atoms with E-state index in [0.717, 1.165) is 113 Å². The summed E-state index contributed by atoms with van der Waals surface area (Å²) in [6.07, 6.45) is 10.8. The number of amides is 3. The van der Waals surface area contributed by atoms with Crippen LogP contribution in [-0.2, 0) is 20.9 Å². The molecule has 3 amide bonds. The number of aliphatic hydroxyl groups excluding tert-OH is 1. The molecule has 0 spiro atoms. The van der Waals surface area contributed by atoms with Crippen LogP contribution in [0.2, 0.25) is 0 Å². The Morgan fingerprint density at radius 1 is 0.892 bits per heavy atom. The van der Waals surface area contributed by atoms with Gasteiger partial charge in [-0.3, -0.25) is 14.4 Å². The zero-order valence-corrected chi connectivity index (χ0v) is 38.8. The number of aliphatic hydroxyl groups is 1. The Morgan fingerprint density at radius 2 is 1.62 bits per heavy atom. The third-order valence-electron chi connectivity index (χ3n) is 12.7. The number of carbonyl (C=O) groups is 4. The molecule has 0 unspecified atom stereocenters. The van der Waals surface area contributed by atoms with Crippen LogP contribution in [0.4, 0.5) is 0 Å². The summed E-state index contributed by atoms with van der Waals surface area (Å²) in [5, 5.41) is 27.2. The Balaban J connectivity index is 0.820.